The second kappa shape index (κ2) is 8.45. The van der Waals surface area contributed by atoms with Crippen molar-refractivity contribution in [2.75, 3.05) is 20.2 Å². The SMILES string of the molecule is COC(C)c1cc(Br)cn2cc(C(=O)N3CCC4(CC3)Cc3ccc(Cl)cc3CN4)nc12. The van der Waals surface area contributed by atoms with Gasteiger partial charge in [-0.3, -0.25) is 4.79 Å². The van der Waals surface area contributed by atoms with Gasteiger partial charge in [0.15, 0.2) is 0 Å². The largest absolute Gasteiger partial charge is 0.377 e. The number of pyridine rings is 1. The van der Waals surface area contributed by atoms with E-state index in [-0.39, 0.29) is 17.6 Å². The van der Waals surface area contributed by atoms with E-state index in [0.29, 0.717) is 18.8 Å². The molecule has 0 bridgehead atoms. The van der Waals surface area contributed by atoms with Gasteiger partial charge >= 0.3 is 0 Å². The lowest BCUT2D eigenvalue weighted by Gasteiger charge is -2.45. The predicted octanol–water partition coefficient (Wildman–Crippen LogP) is 4.78. The number of hydrogen-bond acceptors (Lipinski definition) is 4. The Morgan fingerprint density at radius 1 is 1.25 bits per heavy atom. The van der Waals surface area contributed by atoms with E-state index in [9.17, 15) is 4.79 Å². The first kappa shape index (κ1) is 21.9. The first-order valence-corrected chi connectivity index (χ1v) is 12.1. The van der Waals surface area contributed by atoms with Crippen molar-refractivity contribution in [1.82, 2.24) is 19.6 Å². The Hall–Kier alpha value is -1.93. The van der Waals surface area contributed by atoms with Gasteiger partial charge in [0.25, 0.3) is 5.91 Å². The van der Waals surface area contributed by atoms with Crippen molar-refractivity contribution in [2.24, 2.45) is 0 Å². The summed E-state index contributed by atoms with van der Waals surface area (Å²) in [5.74, 6) is -0.0151. The summed E-state index contributed by atoms with van der Waals surface area (Å²) in [6.07, 6.45) is 6.44. The van der Waals surface area contributed by atoms with Gasteiger partial charge in [-0.2, -0.15) is 0 Å². The van der Waals surface area contributed by atoms with Gasteiger partial charge in [0.2, 0.25) is 0 Å². The molecule has 2 aliphatic heterocycles. The average Bonchev–Trinajstić information content (AvgIpc) is 3.22. The molecule has 1 aromatic carbocycles. The number of aromatic nitrogens is 2. The summed E-state index contributed by atoms with van der Waals surface area (Å²) in [6, 6.07) is 8.16. The number of hydrogen-bond donors (Lipinski definition) is 1. The highest BCUT2D eigenvalue weighted by Gasteiger charge is 2.38. The molecule has 1 amide bonds. The topological polar surface area (TPSA) is 58.9 Å². The van der Waals surface area contributed by atoms with E-state index < -0.39 is 0 Å². The van der Waals surface area contributed by atoms with Crippen molar-refractivity contribution in [3.8, 4) is 0 Å². The summed E-state index contributed by atoms with van der Waals surface area (Å²) >= 11 is 9.70. The van der Waals surface area contributed by atoms with E-state index in [4.69, 9.17) is 16.3 Å². The van der Waals surface area contributed by atoms with Crippen molar-refractivity contribution in [3.05, 3.63) is 68.5 Å². The van der Waals surface area contributed by atoms with Gasteiger partial charge in [-0.05, 0) is 71.4 Å². The van der Waals surface area contributed by atoms with E-state index in [0.717, 1.165) is 46.5 Å². The average molecular weight is 518 g/mol. The molecule has 1 N–H and O–H groups in total. The number of benzene rings is 1. The fourth-order valence-corrected chi connectivity index (χ4v) is 5.57. The first-order valence-electron chi connectivity index (χ1n) is 10.9. The maximum Gasteiger partial charge on any atom is 0.274 e. The first-order chi connectivity index (χ1) is 15.4. The van der Waals surface area contributed by atoms with E-state index in [1.807, 2.05) is 40.8 Å². The van der Waals surface area contributed by atoms with Crippen LogP contribution in [0, 0.1) is 0 Å². The summed E-state index contributed by atoms with van der Waals surface area (Å²) in [6.45, 7) is 4.23. The fraction of sp³-hybridized carbons (Fsp3) is 0.417. The number of nitrogens with zero attached hydrogens (tertiary/aromatic N) is 3. The lowest BCUT2D eigenvalue weighted by Crippen LogP contribution is -2.57. The number of ether oxygens (including phenoxy) is 1. The van der Waals surface area contributed by atoms with E-state index >= 15 is 0 Å². The predicted molar refractivity (Wildman–Crippen MR) is 128 cm³/mol. The van der Waals surface area contributed by atoms with Gasteiger partial charge in [-0.1, -0.05) is 17.7 Å². The third kappa shape index (κ3) is 3.96. The zero-order valence-corrected chi connectivity index (χ0v) is 20.5. The summed E-state index contributed by atoms with van der Waals surface area (Å²) in [7, 11) is 1.67. The van der Waals surface area contributed by atoms with E-state index in [1.165, 1.54) is 11.1 Å². The number of carbonyl (C=O) groups excluding carboxylic acids is 1. The van der Waals surface area contributed by atoms with E-state index in [2.05, 4.69) is 38.4 Å². The molecule has 2 aromatic heterocycles. The van der Waals surface area contributed by atoms with E-state index in [1.54, 1.807) is 7.11 Å². The van der Waals surface area contributed by atoms with Crippen LogP contribution in [-0.2, 0) is 17.7 Å². The van der Waals surface area contributed by atoms with Crippen LogP contribution in [0.5, 0.6) is 0 Å². The van der Waals surface area contributed by atoms with Crippen LogP contribution < -0.4 is 5.32 Å². The molecule has 5 rings (SSSR count). The maximum absolute atomic E-state index is 13.3. The number of piperidine rings is 1. The minimum atomic E-state index is -0.120. The molecule has 32 heavy (non-hydrogen) atoms. The molecule has 1 fully saturated rings. The fourth-order valence-electron chi connectivity index (χ4n) is 4.91. The highest BCUT2D eigenvalue weighted by atomic mass is 79.9. The van der Waals surface area contributed by atoms with Crippen LogP contribution in [0.15, 0.2) is 41.1 Å². The number of methoxy groups -OCH3 is 1. The summed E-state index contributed by atoms with van der Waals surface area (Å²) < 4.78 is 8.32. The number of nitrogens with one attached hydrogen (secondary N) is 1. The van der Waals surface area contributed by atoms with Gasteiger partial charge in [-0.15, -0.1) is 0 Å². The maximum atomic E-state index is 13.3. The van der Waals surface area contributed by atoms with Gasteiger partial charge in [-0.25, -0.2) is 4.98 Å². The Labute approximate surface area is 201 Å². The van der Waals surface area contributed by atoms with Crippen LogP contribution in [0.4, 0.5) is 0 Å². The van der Waals surface area contributed by atoms with Crippen LogP contribution in [-0.4, -0.2) is 45.9 Å². The smallest absolute Gasteiger partial charge is 0.274 e. The van der Waals surface area contributed by atoms with Crippen LogP contribution in [0.1, 0.15) is 53.0 Å². The van der Waals surface area contributed by atoms with Gasteiger partial charge < -0.3 is 19.4 Å². The quantitative estimate of drug-likeness (QED) is 0.543. The molecule has 0 radical (unpaired) electrons. The molecule has 0 aliphatic carbocycles. The zero-order valence-electron chi connectivity index (χ0n) is 18.2. The molecule has 3 aromatic rings. The van der Waals surface area contributed by atoms with Crippen molar-refractivity contribution in [3.63, 3.8) is 0 Å². The molecular weight excluding hydrogens is 492 g/mol. The van der Waals surface area contributed by atoms with Crippen molar-refractivity contribution in [1.29, 1.82) is 0 Å². The highest BCUT2D eigenvalue weighted by Crippen LogP contribution is 2.33. The number of fused-ring (bicyclic) bond motifs is 2. The summed E-state index contributed by atoms with van der Waals surface area (Å²) in [4.78, 5) is 19.9. The van der Waals surface area contributed by atoms with Crippen LogP contribution in [0.3, 0.4) is 0 Å². The van der Waals surface area contributed by atoms with Crippen LogP contribution in [0.2, 0.25) is 5.02 Å². The standard InChI is InChI=1S/C24H26BrClN4O2/c1-15(32-2)20-10-18(25)13-30-14-21(28-22(20)30)23(31)29-7-5-24(6-8-29)11-16-3-4-19(26)9-17(16)12-27-24/h3-4,9-10,13-15,27H,5-8,11-12H2,1-2H3. The Morgan fingerprint density at radius 2 is 2.03 bits per heavy atom. The third-order valence-corrected chi connectivity index (χ3v) is 7.58. The molecule has 4 heterocycles. The minimum Gasteiger partial charge on any atom is -0.377 e. The molecule has 1 saturated heterocycles. The van der Waals surface area contributed by atoms with Gasteiger partial charge in [0.1, 0.15) is 11.3 Å². The molecule has 8 heteroatoms. The molecule has 6 nitrogen and oxygen atoms in total. The molecule has 2 aliphatic rings. The third-order valence-electron chi connectivity index (χ3n) is 6.92. The Balaban J connectivity index is 1.33. The normalized spacial score (nSPS) is 18.7. The molecule has 1 unspecified atom stereocenters. The Bertz CT molecular complexity index is 1190. The number of halogens is 2. The van der Waals surface area contributed by atoms with Gasteiger partial charge in [0.05, 0.1) is 6.10 Å². The minimum absolute atomic E-state index is 0.0151. The number of amides is 1. The lowest BCUT2D eigenvalue weighted by molar-refractivity contribution is 0.0626. The van der Waals surface area contributed by atoms with Crippen LogP contribution >= 0.6 is 27.5 Å². The molecule has 168 valence electrons. The number of likely N-dealkylation sites (tertiary alicyclic amines) is 1. The zero-order chi connectivity index (χ0) is 22.5. The molecular formula is C24H26BrClN4O2. The number of rotatable bonds is 3. The second-order valence-electron chi connectivity index (χ2n) is 8.86. The van der Waals surface area contributed by atoms with Crippen LogP contribution in [0.25, 0.3) is 5.65 Å². The Kier molecular flexibility index (Phi) is 5.78. The molecule has 1 spiro atoms. The van der Waals surface area contributed by atoms with Crippen molar-refractivity contribution < 1.29 is 9.53 Å². The highest BCUT2D eigenvalue weighted by molar-refractivity contribution is 9.10. The second-order valence-corrected chi connectivity index (χ2v) is 10.2. The molecule has 0 saturated carbocycles. The monoisotopic (exact) mass is 516 g/mol. The summed E-state index contributed by atoms with van der Waals surface area (Å²) in [5.41, 5.74) is 4.85. The Morgan fingerprint density at radius 3 is 2.78 bits per heavy atom. The molecule has 1 atom stereocenters. The van der Waals surface area contributed by atoms with Gasteiger partial charge in [0, 0.05) is 59.7 Å². The summed E-state index contributed by atoms with van der Waals surface area (Å²) in [5, 5.41) is 4.52. The lowest BCUT2D eigenvalue weighted by atomic mass is 9.78. The number of imidazole rings is 1. The van der Waals surface area contributed by atoms with Crippen molar-refractivity contribution in [2.45, 2.75) is 44.4 Å². The number of carbonyl (C=O) groups is 1. The van der Waals surface area contributed by atoms with Crippen molar-refractivity contribution >= 4 is 39.1 Å².